The van der Waals surface area contributed by atoms with Crippen molar-refractivity contribution in [2.75, 3.05) is 14.2 Å². The average Bonchev–Trinajstić information content (AvgIpc) is 2.46. The molecule has 0 spiro atoms. The predicted octanol–water partition coefficient (Wildman–Crippen LogP) is 3.73. The fourth-order valence-electron chi connectivity index (χ4n) is 1.84. The lowest BCUT2D eigenvalue weighted by Gasteiger charge is -2.10. The highest BCUT2D eigenvalue weighted by molar-refractivity contribution is 6.35. The van der Waals surface area contributed by atoms with Gasteiger partial charge in [0, 0.05) is 5.56 Å². The summed E-state index contributed by atoms with van der Waals surface area (Å²) in [7, 11) is 2.95. The Labute approximate surface area is 120 Å². The lowest BCUT2D eigenvalue weighted by atomic mass is 10.0. The molecule has 0 aliphatic rings. The third-order valence-corrected chi connectivity index (χ3v) is 3.15. The lowest BCUT2D eigenvalue weighted by Crippen LogP contribution is -2.06. The summed E-state index contributed by atoms with van der Waals surface area (Å²) in [6.07, 6.45) is 0. The predicted molar refractivity (Wildman–Crippen MR) is 74.4 cm³/mol. The molecular formula is C15H12ClFO3. The first-order valence-electron chi connectivity index (χ1n) is 5.79. The van der Waals surface area contributed by atoms with E-state index in [-0.39, 0.29) is 16.1 Å². The fraction of sp³-hybridized carbons (Fsp3) is 0.133. The van der Waals surface area contributed by atoms with Gasteiger partial charge in [0.25, 0.3) is 0 Å². The van der Waals surface area contributed by atoms with E-state index >= 15 is 0 Å². The van der Waals surface area contributed by atoms with Crippen molar-refractivity contribution in [3.05, 3.63) is 58.4 Å². The molecule has 104 valence electrons. The van der Waals surface area contributed by atoms with Crippen molar-refractivity contribution in [1.82, 2.24) is 0 Å². The second-order valence-corrected chi connectivity index (χ2v) is 4.40. The van der Waals surface area contributed by atoms with Gasteiger partial charge in [-0.2, -0.15) is 0 Å². The van der Waals surface area contributed by atoms with Crippen LogP contribution in [0.4, 0.5) is 4.39 Å². The van der Waals surface area contributed by atoms with Crippen LogP contribution in [-0.2, 0) is 0 Å². The highest BCUT2D eigenvalue weighted by Crippen LogP contribution is 2.30. The van der Waals surface area contributed by atoms with E-state index in [1.165, 1.54) is 44.6 Å². The van der Waals surface area contributed by atoms with Gasteiger partial charge in [0.05, 0.1) is 24.8 Å². The largest absolute Gasteiger partial charge is 0.493 e. The van der Waals surface area contributed by atoms with Crippen LogP contribution in [-0.4, -0.2) is 20.0 Å². The monoisotopic (exact) mass is 294 g/mol. The molecule has 0 heterocycles. The third-order valence-electron chi connectivity index (χ3n) is 2.84. The van der Waals surface area contributed by atoms with Crippen LogP contribution in [0.1, 0.15) is 15.9 Å². The zero-order chi connectivity index (χ0) is 14.7. The Morgan fingerprint density at radius 1 is 1.10 bits per heavy atom. The summed E-state index contributed by atoms with van der Waals surface area (Å²) >= 11 is 5.89. The molecule has 0 saturated heterocycles. The molecule has 2 rings (SSSR count). The Morgan fingerprint density at radius 2 is 1.80 bits per heavy atom. The van der Waals surface area contributed by atoms with Crippen LogP contribution < -0.4 is 9.47 Å². The summed E-state index contributed by atoms with van der Waals surface area (Å²) in [6.45, 7) is 0. The number of hydrogen-bond acceptors (Lipinski definition) is 3. The number of methoxy groups -OCH3 is 2. The van der Waals surface area contributed by atoms with E-state index in [4.69, 9.17) is 21.1 Å². The van der Waals surface area contributed by atoms with Crippen molar-refractivity contribution in [2.24, 2.45) is 0 Å². The number of ether oxygens (including phenoxy) is 2. The van der Waals surface area contributed by atoms with Crippen molar-refractivity contribution in [3.8, 4) is 11.5 Å². The van der Waals surface area contributed by atoms with Gasteiger partial charge in [-0.3, -0.25) is 4.79 Å². The second-order valence-electron chi connectivity index (χ2n) is 4.00. The smallest absolute Gasteiger partial charge is 0.197 e. The molecule has 0 N–H and O–H groups in total. The van der Waals surface area contributed by atoms with Gasteiger partial charge in [-0.25, -0.2) is 4.39 Å². The Morgan fingerprint density at radius 3 is 2.40 bits per heavy atom. The molecule has 0 fully saturated rings. The van der Waals surface area contributed by atoms with Crippen molar-refractivity contribution < 1.29 is 18.7 Å². The Bertz CT molecular complexity index is 635. The maximum absolute atomic E-state index is 13.8. The first kappa shape index (κ1) is 14.3. The van der Waals surface area contributed by atoms with Crippen LogP contribution >= 0.6 is 11.6 Å². The molecule has 0 aliphatic carbocycles. The van der Waals surface area contributed by atoms with Gasteiger partial charge in [-0.15, -0.1) is 0 Å². The summed E-state index contributed by atoms with van der Waals surface area (Å²) in [4.78, 5) is 12.3. The van der Waals surface area contributed by atoms with Crippen LogP contribution in [0, 0.1) is 5.82 Å². The molecule has 5 heteroatoms. The fourth-order valence-corrected chi connectivity index (χ4v) is 2.09. The van der Waals surface area contributed by atoms with Gasteiger partial charge in [0.15, 0.2) is 17.3 Å². The molecule has 3 nitrogen and oxygen atoms in total. The Balaban J connectivity index is 2.49. The minimum Gasteiger partial charge on any atom is -0.493 e. The molecule has 0 atom stereocenters. The summed E-state index contributed by atoms with van der Waals surface area (Å²) in [5.74, 6) is -0.277. The highest BCUT2D eigenvalue weighted by Gasteiger charge is 2.19. The third kappa shape index (κ3) is 2.60. The van der Waals surface area contributed by atoms with Crippen molar-refractivity contribution >= 4 is 17.4 Å². The van der Waals surface area contributed by atoms with Crippen molar-refractivity contribution in [3.63, 3.8) is 0 Å². The minimum atomic E-state index is -0.655. The summed E-state index contributed by atoms with van der Waals surface area (Å²) in [6, 6.07) is 8.72. The molecule has 0 saturated carbocycles. The molecule has 0 amide bonds. The van der Waals surface area contributed by atoms with E-state index in [1.54, 1.807) is 6.07 Å². The van der Waals surface area contributed by atoms with Gasteiger partial charge in [-0.1, -0.05) is 17.7 Å². The van der Waals surface area contributed by atoms with Gasteiger partial charge < -0.3 is 9.47 Å². The van der Waals surface area contributed by atoms with Gasteiger partial charge in [0.1, 0.15) is 5.82 Å². The normalized spacial score (nSPS) is 10.2. The van der Waals surface area contributed by atoms with Crippen LogP contribution in [0.3, 0.4) is 0 Å². The number of rotatable bonds is 4. The molecule has 0 aliphatic heterocycles. The first-order valence-corrected chi connectivity index (χ1v) is 6.17. The molecule has 2 aromatic rings. The van der Waals surface area contributed by atoms with E-state index in [1.807, 2.05) is 0 Å². The topological polar surface area (TPSA) is 35.5 Å². The number of ketones is 1. The Kier molecular flexibility index (Phi) is 4.25. The molecule has 0 bridgehead atoms. The molecular weight excluding hydrogens is 283 g/mol. The van der Waals surface area contributed by atoms with E-state index < -0.39 is 11.6 Å². The zero-order valence-electron chi connectivity index (χ0n) is 10.9. The number of halogens is 2. The van der Waals surface area contributed by atoms with E-state index in [2.05, 4.69) is 0 Å². The number of carbonyl (C=O) groups excluding carboxylic acids is 1. The van der Waals surface area contributed by atoms with Gasteiger partial charge in [0.2, 0.25) is 0 Å². The first-order chi connectivity index (χ1) is 9.58. The van der Waals surface area contributed by atoms with Crippen molar-refractivity contribution in [1.29, 1.82) is 0 Å². The number of carbonyl (C=O) groups is 1. The van der Waals surface area contributed by atoms with E-state index in [0.717, 1.165) is 0 Å². The maximum Gasteiger partial charge on any atom is 0.197 e. The zero-order valence-corrected chi connectivity index (χ0v) is 11.7. The van der Waals surface area contributed by atoms with E-state index in [9.17, 15) is 9.18 Å². The average molecular weight is 295 g/mol. The molecule has 0 radical (unpaired) electrons. The quantitative estimate of drug-likeness (QED) is 0.806. The molecule has 20 heavy (non-hydrogen) atoms. The lowest BCUT2D eigenvalue weighted by molar-refractivity contribution is 0.103. The van der Waals surface area contributed by atoms with Crippen molar-refractivity contribution in [2.45, 2.75) is 0 Å². The number of benzene rings is 2. The van der Waals surface area contributed by atoms with Crippen LogP contribution in [0.25, 0.3) is 0 Å². The SMILES string of the molecule is COc1ccc(C(=O)c2c(F)cccc2Cl)cc1OC. The second kappa shape index (κ2) is 5.92. The van der Waals surface area contributed by atoms with Gasteiger partial charge >= 0.3 is 0 Å². The minimum absolute atomic E-state index is 0.0739. The number of hydrogen-bond donors (Lipinski definition) is 0. The van der Waals surface area contributed by atoms with E-state index in [0.29, 0.717) is 11.5 Å². The van der Waals surface area contributed by atoms with Crippen LogP contribution in [0.2, 0.25) is 5.02 Å². The standard InChI is InChI=1S/C15H12ClFO3/c1-19-12-7-6-9(8-13(12)20-2)15(18)14-10(16)4-3-5-11(14)17/h3-8H,1-2H3. The molecule has 0 aromatic heterocycles. The summed E-state index contributed by atoms with van der Waals surface area (Å²) in [5, 5.41) is 0.0739. The molecule has 2 aromatic carbocycles. The maximum atomic E-state index is 13.8. The van der Waals surface area contributed by atoms with Crippen LogP contribution in [0.15, 0.2) is 36.4 Å². The van der Waals surface area contributed by atoms with Crippen LogP contribution in [0.5, 0.6) is 11.5 Å². The Hall–Kier alpha value is -2.07. The summed E-state index contributed by atoms with van der Waals surface area (Å²) < 4.78 is 24.0. The van der Waals surface area contributed by atoms with Gasteiger partial charge in [-0.05, 0) is 30.3 Å². The molecule has 0 unspecified atom stereocenters. The highest BCUT2D eigenvalue weighted by atomic mass is 35.5. The summed E-state index contributed by atoms with van der Waals surface area (Å²) in [5.41, 5.74) is 0.121.